The molecule has 0 aromatic rings. The van der Waals surface area contributed by atoms with E-state index in [0.29, 0.717) is 18.9 Å². The first-order valence-electron chi connectivity index (χ1n) is 3.44. The van der Waals surface area contributed by atoms with Crippen molar-refractivity contribution in [3.63, 3.8) is 0 Å². The summed E-state index contributed by atoms with van der Waals surface area (Å²) in [5.41, 5.74) is 4.99. The highest BCUT2D eigenvalue weighted by molar-refractivity contribution is 5.73. The van der Waals surface area contributed by atoms with Crippen molar-refractivity contribution in [2.24, 2.45) is 11.7 Å². The largest absolute Gasteiger partial charge is 0.385 e. The maximum atomic E-state index is 10.4. The van der Waals surface area contributed by atoms with Crippen molar-refractivity contribution in [1.82, 2.24) is 0 Å². The summed E-state index contributed by atoms with van der Waals surface area (Å²) in [7, 11) is 1.65. The van der Waals surface area contributed by atoms with Crippen LogP contribution in [0.1, 0.15) is 19.8 Å². The molecule has 0 saturated heterocycles. The zero-order chi connectivity index (χ0) is 7.98. The van der Waals surface area contributed by atoms with E-state index in [-0.39, 0.29) is 5.91 Å². The van der Waals surface area contributed by atoms with Gasteiger partial charge in [0, 0.05) is 20.1 Å². The van der Waals surface area contributed by atoms with Crippen LogP contribution in [-0.2, 0) is 9.53 Å². The van der Waals surface area contributed by atoms with Crippen LogP contribution in [0.2, 0.25) is 0 Å². The third-order valence-corrected chi connectivity index (χ3v) is 1.36. The van der Waals surface area contributed by atoms with E-state index in [1.165, 1.54) is 0 Å². The smallest absolute Gasteiger partial charge is 0.217 e. The summed E-state index contributed by atoms with van der Waals surface area (Å²) in [5.74, 6) is 0.112. The van der Waals surface area contributed by atoms with Gasteiger partial charge in [0.2, 0.25) is 5.91 Å². The van der Waals surface area contributed by atoms with Crippen molar-refractivity contribution in [3.8, 4) is 0 Å². The van der Waals surface area contributed by atoms with E-state index in [2.05, 4.69) is 0 Å². The van der Waals surface area contributed by atoms with Crippen LogP contribution in [0.3, 0.4) is 0 Å². The molecular formula is C7H15NO2. The van der Waals surface area contributed by atoms with E-state index in [1.807, 2.05) is 6.92 Å². The minimum atomic E-state index is -0.233. The summed E-state index contributed by atoms with van der Waals surface area (Å²) in [6.45, 7) is 2.69. The van der Waals surface area contributed by atoms with Gasteiger partial charge < -0.3 is 10.5 Å². The minimum Gasteiger partial charge on any atom is -0.385 e. The van der Waals surface area contributed by atoms with Gasteiger partial charge in [-0.15, -0.1) is 0 Å². The molecule has 0 heterocycles. The van der Waals surface area contributed by atoms with E-state index >= 15 is 0 Å². The van der Waals surface area contributed by atoms with Crippen LogP contribution in [0.4, 0.5) is 0 Å². The lowest BCUT2D eigenvalue weighted by atomic mass is 10.0. The standard InChI is InChI=1S/C7H15NO2/c1-6(3-4-10-2)5-7(8)9/h6H,3-5H2,1-2H3,(H2,8,9). The van der Waals surface area contributed by atoms with Gasteiger partial charge in [0.15, 0.2) is 0 Å². The van der Waals surface area contributed by atoms with Gasteiger partial charge in [-0.1, -0.05) is 6.92 Å². The first-order chi connectivity index (χ1) is 4.66. The third kappa shape index (κ3) is 5.56. The average molecular weight is 145 g/mol. The summed E-state index contributed by atoms with van der Waals surface area (Å²) < 4.78 is 4.84. The van der Waals surface area contributed by atoms with Crippen molar-refractivity contribution in [3.05, 3.63) is 0 Å². The van der Waals surface area contributed by atoms with Crippen LogP contribution < -0.4 is 5.73 Å². The van der Waals surface area contributed by atoms with E-state index in [1.54, 1.807) is 7.11 Å². The van der Waals surface area contributed by atoms with Gasteiger partial charge in [0.05, 0.1) is 0 Å². The summed E-state index contributed by atoms with van der Waals surface area (Å²) >= 11 is 0. The van der Waals surface area contributed by atoms with Gasteiger partial charge in [-0.05, 0) is 12.3 Å². The van der Waals surface area contributed by atoms with Crippen LogP contribution in [-0.4, -0.2) is 19.6 Å². The molecule has 3 heteroatoms. The van der Waals surface area contributed by atoms with Crippen molar-refractivity contribution < 1.29 is 9.53 Å². The van der Waals surface area contributed by atoms with Gasteiger partial charge in [-0.25, -0.2) is 0 Å². The first kappa shape index (κ1) is 9.43. The number of methoxy groups -OCH3 is 1. The minimum absolute atomic E-state index is 0.233. The van der Waals surface area contributed by atoms with Gasteiger partial charge >= 0.3 is 0 Å². The lowest BCUT2D eigenvalue weighted by Gasteiger charge is -2.06. The van der Waals surface area contributed by atoms with Crippen LogP contribution in [0.25, 0.3) is 0 Å². The Labute approximate surface area is 61.5 Å². The molecule has 0 radical (unpaired) electrons. The molecule has 0 fully saturated rings. The number of carbonyl (C=O) groups is 1. The lowest BCUT2D eigenvalue weighted by molar-refractivity contribution is -0.118. The highest BCUT2D eigenvalue weighted by Crippen LogP contribution is 2.05. The number of hydrogen-bond donors (Lipinski definition) is 1. The molecule has 0 aromatic heterocycles. The van der Waals surface area contributed by atoms with Crippen molar-refractivity contribution >= 4 is 5.91 Å². The van der Waals surface area contributed by atoms with Crippen LogP contribution in [0.5, 0.6) is 0 Å². The molecule has 1 atom stereocenters. The molecule has 60 valence electrons. The van der Waals surface area contributed by atoms with Crippen molar-refractivity contribution in [2.75, 3.05) is 13.7 Å². The summed E-state index contributed by atoms with van der Waals surface area (Å²) in [6, 6.07) is 0. The normalized spacial score (nSPS) is 13.0. The third-order valence-electron chi connectivity index (χ3n) is 1.36. The monoisotopic (exact) mass is 145 g/mol. The van der Waals surface area contributed by atoms with Crippen LogP contribution in [0, 0.1) is 5.92 Å². The maximum absolute atomic E-state index is 10.4. The molecule has 0 aliphatic heterocycles. The predicted molar refractivity (Wildman–Crippen MR) is 39.5 cm³/mol. The number of amides is 1. The summed E-state index contributed by atoms with van der Waals surface area (Å²) in [5, 5.41) is 0. The van der Waals surface area contributed by atoms with Gasteiger partial charge in [-0.2, -0.15) is 0 Å². The topological polar surface area (TPSA) is 52.3 Å². The fourth-order valence-corrected chi connectivity index (χ4v) is 0.765. The first-order valence-corrected chi connectivity index (χ1v) is 3.44. The fourth-order valence-electron chi connectivity index (χ4n) is 0.765. The molecule has 3 nitrogen and oxygen atoms in total. The van der Waals surface area contributed by atoms with Crippen molar-refractivity contribution in [1.29, 1.82) is 0 Å². The Bertz CT molecular complexity index is 104. The Morgan fingerprint density at radius 3 is 2.70 bits per heavy atom. The second-order valence-electron chi connectivity index (χ2n) is 2.56. The number of carbonyl (C=O) groups excluding carboxylic acids is 1. The Kier molecular flexibility index (Phi) is 4.94. The van der Waals surface area contributed by atoms with E-state index < -0.39 is 0 Å². The highest BCUT2D eigenvalue weighted by Gasteiger charge is 2.04. The fraction of sp³-hybridized carbons (Fsp3) is 0.857. The second kappa shape index (κ2) is 5.23. The summed E-state index contributed by atoms with van der Waals surface area (Å²) in [6.07, 6.45) is 1.36. The highest BCUT2D eigenvalue weighted by atomic mass is 16.5. The zero-order valence-electron chi connectivity index (χ0n) is 6.59. The Morgan fingerprint density at radius 2 is 2.30 bits per heavy atom. The molecule has 0 aromatic carbocycles. The quantitative estimate of drug-likeness (QED) is 0.613. The molecule has 10 heavy (non-hydrogen) atoms. The molecule has 2 N–H and O–H groups in total. The molecule has 0 aliphatic carbocycles. The number of hydrogen-bond acceptors (Lipinski definition) is 2. The molecule has 0 spiro atoms. The number of nitrogens with two attached hydrogens (primary N) is 1. The summed E-state index contributed by atoms with van der Waals surface area (Å²) in [4.78, 5) is 10.4. The van der Waals surface area contributed by atoms with Gasteiger partial charge in [0.1, 0.15) is 0 Å². The SMILES string of the molecule is COCCC(C)CC(N)=O. The van der Waals surface area contributed by atoms with E-state index in [0.717, 1.165) is 6.42 Å². The Morgan fingerprint density at radius 1 is 1.70 bits per heavy atom. The van der Waals surface area contributed by atoms with E-state index in [9.17, 15) is 4.79 Å². The number of ether oxygens (including phenoxy) is 1. The average Bonchev–Trinajstić information content (AvgIpc) is 1.82. The molecule has 1 unspecified atom stereocenters. The van der Waals surface area contributed by atoms with Gasteiger partial charge in [-0.3, -0.25) is 4.79 Å². The van der Waals surface area contributed by atoms with Crippen molar-refractivity contribution in [2.45, 2.75) is 19.8 Å². The molecule has 0 bridgehead atoms. The predicted octanol–water partition coefficient (Wildman–Crippen LogP) is 0.534. The Balaban J connectivity index is 3.25. The van der Waals surface area contributed by atoms with Crippen LogP contribution >= 0.6 is 0 Å². The molecule has 0 saturated carbocycles. The van der Waals surface area contributed by atoms with Gasteiger partial charge in [0.25, 0.3) is 0 Å². The number of rotatable bonds is 5. The second-order valence-corrected chi connectivity index (χ2v) is 2.56. The van der Waals surface area contributed by atoms with Crippen LogP contribution in [0.15, 0.2) is 0 Å². The lowest BCUT2D eigenvalue weighted by Crippen LogP contribution is -2.15. The molecule has 0 rings (SSSR count). The zero-order valence-corrected chi connectivity index (χ0v) is 6.59. The maximum Gasteiger partial charge on any atom is 0.217 e. The molecular weight excluding hydrogens is 130 g/mol. The molecule has 0 aliphatic rings. The number of primary amides is 1. The van der Waals surface area contributed by atoms with E-state index in [4.69, 9.17) is 10.5 Å². The Hall–Kier alpha value is -0.570. The molecule has 1 amide bonds.